The Morgan fingerprint density at radius 1 is 1.33 bits per heavy atom. The molecule has 236 valence electrons. The van der Waals surface area contributed by atoms with Gasteiger partial charge in [0.05, 0.1) is 37.6 Å². The third-order valence-corrected chi connectivity index (χ3v) is 10.2. The Bertz CT molecular complexity index is 1930. The minimum Gasteiger partial charge on any atom is -0.462 e. The number of halogens is 6. The van der Waals surface area contributed by atoms with E-state index < -0.39 is 36.2 Å². The van der Waals surface area contributed by atoms with Crippen LogP contribution in [0.25, 0.3) is 27.0 Å². The Balaban J connectivity index is 1.40. The topological polar surface area (TPSA) is 99.1 Å². The zero-order chi connectivity index (χ0) is 31.6. The number of alkyl halides is 3. The lowest BCUT2D eigenvalue weighted by Crippen LogP contribution is -2.44. The van der Waals surface area contributed by atoms with E-state index in [9.17, 15) is 22.8 Å². The lowest BCUT2D eigenvalue weighted by molar-refractivity contribution is 0.0254. The van der Waals surface area contributed by atoms with Crippen LogP contribution in [0.4, 0.5) is 27.0 Å². The summed E-state index contributed by atoms with van der Waals surface area (Å²) in [5.41, 5.74) is 5.32. The average Bonchev–Trinajstić information content (AvgIpc) is 3.61. The van der Waals surface area contributed by atoms with Gasteiger partial charge < -0.3 is 25.4 Å². The Morgan fingerprint density at radius 2 is 2.16 bits per heavy atom. The molecule has 2 fully saturated rings. The fraction of sp³-hybridized carbons (Fsp3) is 0.400. The first kappa shape index (κ1) is 29.9. The van der Waals surface area contributed by atoms with Crippen LogP contribution in [0.3, 0.4) is 0 Å². The van der Waals surface area contributed by atoms with Crippen molar-refractivity contribution in [3.8, 4) is 22.9 Å². The van der Waals surface area contributed by atoms with Crippen molar-refractivity contribution in [1.82, 2.24) is 15.1 Å². The second kappa shape index (κ2) is 11.2. The van der Waals surface area contributed by atoms with Crippen LogP contribution in [-0.2, 0) is 4.74 Å². The van der Waals surface area contributed by atoms with Crippen molar-refractivity contribution in [2.45, 2.75) is 43.8 Å². The van der Waals surface area contributed by atoms with E-state index in [1.165, 1.54) is 17.2 Å². The summed E-state index contributed by atoms with van der Waals surface area (Å²) in [5, 5.41) is 13.1. The molecule has 4 aliphatic rings. The number of nitrogen functional groups attached to an aromatic ring is 1. The molecule has 0 aliphatic carbocycles. The Kier molecular flexibility index (Phi) is 7.45. The van der Waals surface area contributed by atoms with Gasteiger partial charge in [-0.15, -0.1) is 11.3 Å². The number of nitriles is 1. The van der Waals surface area contributed by atoms with Crippen molar-refractivity contribution in [3.05, 3.63) is 57.1 Å². The standard InChI is InChI=1S/C30H26ClF5N6O2S/c31-23-21(15-2-3-17(33)27-20(15)16(9-37)28(38)45-27)24(36)26-22-25(23)39-13-40-29(22)41(7-4-18(34)35)11-19(44-26)43-12-30-5-1-6-42(30)10-14(32)8-30/h2-3,11,14,18,40H,1,4-8,10,12-13,38H2/t14-,30+/m1/s1. The number of benzene rings is 2. The Labute approximate surface area is 262 Å². The van der Waals surface area contributed by atoms with Crippen LogP contribution < -0.4 is 26.4 Å². The normalized spacial score (nSPS) is 22.4. The molecule has 8 nitrogen and oxygen atoms in total. The van der Waals surface area contributed by atoms with Crippen LogP contribution in [0.15, 0.2) is 29.3 Å². The van der Waals surface area contributed by atoms with E-state index in [0.29, 0.717) is 13.0 Å². The highest BCUT2D eigenvalue weighted by atomic mass is 35.5. The zero-order valence-corrected chi connectivity index (χ0v) is 25.2. The first-order valence-electron chi connectivity index (χ1n) is 14.3. The van der Waals surface area contributed by atoms with Crippen molar-refractivity contribution < 1.29 is 31.4 Å². The first-order chi connectivity index (χ1) is 21.6. The second-order valence-electron chi connectivity index (χ2n) is 11.4. The predicted molar refractivity (Wildman–Crippen MR) is 159 cm³/mol. The van der Waals surface area contributed by atoms with E-state index in [2.05, 4.69) is 10.3 Å². The van der Waals surface area contributed by atoms with Gasteiger partial charge in [0.15, 0.2) is 11.6 Å². The fourth-order valence-corrected chi connectivity index (χ4v) is 8.13. The van der Waals surface area contributed by atoms with E-state index in [0.717, 1.165) is 30.4 Å². The van der Waals surface area contributed by atoms with Crippen molar-refractivity contribution >= 4 is 43.8 Å². The van der Waals surface area contributed by atoms with Crippen molar-refractivity contribution in [2.24, 2.45) is 4.99 Å². The number of nitrogens with zero attached hydrogens (tertiary/aromatic N) is 4. The van der Waals surface area contributed by atoms with Crippen molar-refractivity contribution in [2.75, 3.05) is 38.6 Å². The molecule has 7 rings (SSSR count). The molecule has 0 spiro atoms. The molecule has 3 N–H and O–H groups in total. The van der Waals surface area contributed by atoms with Gasteiger partial charge in [-0.2, -0.15) is 5.26 Å². The number of anilines is 1. The average molecular weight is 665 g/mol. The third kappa shape index (κ3) is 4.83. The number of nitrogens with one attached hydrogen (secondary N) is 1. The second-order valence-corrected chi connectivity index (χ2v) is 12.9. The number of thiophene rings is 1. The van der Waals surface area contributed by atoms with Crippen LogP contribution in [-0.4, -0.2) is 60.8 Å². The minimum atomic E-state index is -2.62. The molecular weight excluding hydrogens is 639 g/mol. The number of hydrogen-bond donors (Lipinski definition) is 2. The molecule has 2 atom stereocenters. The molecule has 4 aliphatic heterocycles. The minimum absolute atomic E-state index is 0.0224. The fourth-order valence-electron chi connectivity index (χ4n) is 6.84. The van der Waals surface area contributed by atoms with E-state index in [1.54, 1.807) is 0 Å². The molecular formula is C30H26ClF5N6O2S. The van der Waals surface area contributed by atoms with Gasteiger partial charge in [-0.1, -0.05) is 17.7 Å². The smallest absolute Gasteiger partial charge is 0.302 e. The van der Waals surface area contributed by atoms with Gasteiger partial charge in [0.2, 0.25) is 6.43 Å². The Morgan fingerprint density at radius 3 is 2.93 bits per heavy atom. The lowest BCUT2D eigenvalue weighted by atomic mass is 9.95. The van der Waals surface area contributed by atoms with Gasteiger partial charge in [-0.25, -0.2) is 22.0 Å². The molecule has 45 heavy (non-hydrogen) atoms. The maximum atomic E-state index is 16.9. The summed E-state index contributed by atoms with van der Waals surface area (Å²) < 4.78 is 85.3. The predicted octanol–water partition coefficient (Wildman–Crippen LogP) is 4.94. The Hall–Kier alpha value is -3.80. The molecule has 3 aromatic rings. The van der Waals surface area contributed by atoms with Crippen molar-refractivity contribution in [1.29, 1.82) is 5.26 Å². The van der Waals surface area contributed by atoms with Gasteiger partial charge in [0, 0.05) is 36.9 Å². The van der Waals surface area contributed by atoms with Crippen LogP contribution in [0, 0.1) is 23.0 Å². The SMILES string of the molecule is N#Cc1c(N)sc2c(F)ccc(-c3c(F)c4c5c(c3Cl)=NCNC=5N(CCC(F)F)C=C(OC[C@@]35CCCN3C[C@H](F)C5)O4)c12. The number of nitrogens with two attached hydrogens (primary N) is 1. The number of ether oxygens (including phenoxy) is 2. The summed E-state index contributed by atoms with van der Waals surface area (Å²) >= 11 is 7.71. The van der Waals surface area contributed by atoms with Gasteiger partial charge in [-0.3, -0.25) is 9.89 Å². The first-order valence-corrected chi connectivity index (χ1v) is 15.5. The van der Waals surface area contributed by atoms with Crippen LogP contribution in [0.2, 0.25) is 5.02 Å². The number of rotatable bonds is 7. The summed E-state index contributed by atoms with van der Waals surface area (Å²) in [4.78, 5) is 7.94. The highest BCUT2D eigenvalue weighted by Gasteiger charge is 2.49. The molecule has 1 aromatic heterocycles. The molecule has 2 aromatic carbocycles. The van der Waals surface area contributed by atoms with Crippen LogP contribution in [0.1, 0.15) is 31.2 Å². The number of hydrogen-bond acceptors (Lipinski definition) is 9. The molecule has 2 saturated heterocycles. The largest absolute Gasteiger partial charge is 0.462 e. The summed E-state index contributed by atoms with van der Waals surface area (Å²) in [6, 6.07) is 4.41. The van der Waals surface area contributed by atoms with Crippen molar-refractivity contribution in [3.63, 3.8) is 0 Å². The maximum Gasteiger partial charge on any atom is 0.302 e. The zero-order valence-electron chi connectivity index (χ0n) is 23.6. The molecule has 0 bridgehead atoms. The van der Waals surface area contributed by atoms with E-state index in [4.69, 9.17) is 26.8 Å². The molecule has 0 radical (unpaired) electrons. The van der Waals surface area contributed by atoms with E-state index in [-0.39, 0.29) is 91.1 Å². The molecule has 15 heteroatoms. The van der Waals surface area contributed by atoms with E-state index >= 15 is 4.39 Å². The molecule has 5 heterocycles. The molecule has 0 unspecified atom stereocenters. The molecule has 0 saturated carbocycles. The van der Waals surface area contributed by atoms with Crippen LogP contribution in [0.5, 0.6) is 5.75 Å². The third-order valence-electron chi connectivity index (χ3n) is 8.81. The summed E-state index contributed by atoms with van der Waals surface area (Å²) in [6.45, 7) is 0.848. The monoisotopic (exact) mass is 664 g/mol. The van der Waals surface area contributed by atoms with Gasteiger partial charge in [0.25, 0.3) is 0 Å². The van der Waals surface area contributed by atoms with E-state index in [1.807, 2.05) is 11.0 Å². The summed E-state index contributed by atoms with van der Waals surface area (Å²) in [7, 11) is 0. The van der Waals surface area contributed by atoms with Gasteiger partial charge in [-0.05, 0) is 31.0 Å². The summed E-state index contributed by atoms with van der Waals surface area (Å²) in [5.74, 6) is -1.92. The quantitative estimate of drug-likeness (QED) is 0.346. The van der Waals surface area contributed by atoms with Gasteiger partial charge >= 0.3 is 5.95 Å². The lowest BCUT2D eigenvalue weighted by Gasteiger charge is -2.31. The highest BCUT2D eigenvalue weighted by Crippen LogP contribution is 2.45. The molecule has 0 amide bonds. The number of fused-ring (bicyclic) bond motifs is 2. The van der Waals surface area contributed by atoms with Crippen LogP contribution >= 0.6 is 22.9 Å². The maximum absolute atomic E-state index is 16.9. The summed E-state index contributed by atoms with van der Waals surface area (Å²) in [6.07, 6.45) is -0.942. The van der Waals surface area contributed by atoms with Gasteiger partial charge in [0.1, 0.15) is 42.2 Å². The highest BCUT2D eigenvalue weighted by molar-refractivity contribution is 7.23.